The summed E-state index contributed by atoms with van der Waals surface area (Å²) in [6.45, 7) is 0.615. The van der Waals surface area contributed by atoms with Crippen molar-refractivity contribution in [1.29, 1.82) is 0 Å². The molecule has 5 nitrogen and oxygen atoms in total. The van der Waals surface area contributed by atoms with E-state index in [1.807, 2.05) is 7.05 Å². The normalized spacial score (nSPS) is 10.9. The maximum atomic E-state index is 5.99. The topological polar surface area (TPSA) is 55.1 Å². The van der Waals surface area contributed by atoms with Gasteiger partial charge < -0.3 is 5.32 Å². The van der Waals surface area contributed by atoms with Crippen LogP contribution in [0.2, 0.25) is 5.15 Å². The van der Waals surface area contributed by atoms with Crippen LogP contribution in [0.1, 0.15) is 5.69 Å². The van der Waals surface area contributed by atoms with Crippen molar-refractivity contribution in [3.63, 3.8) is 0 Å². The summed E-state index contributed by atoms with van der Waals surface area (Å²) in [7, 11) is 1.83. The van der Waals surface area contributed by atoms with Crippen LogP contribution in [0.5, 0.6) is 0 Å². The highest BCUT2D eigenvalue weighted by Crippen LogP contribution is 2.14. The number of aromatic nitrogens is 4. The maximum absolute atomic E-state index is 5.99. The molecule has 0 bridgehead atoms. The molecule has 0 saturated heterocycles. The molecule has 0 aromatic carbocycles. The average molecular weight is 198 g/mol. The third-order valence-electron chi connectivity index (χ3n) is 1.63. The minimum Gasteiger partial charge on any atom is -0.314 e. The summed E-state index contributed by atoms with van der Waals surface area (Å²) in [5, 5.41) is 7.50. The number of rotatable bonds is 2. The van der Waals surface area contributed by atoms with Crippen LogP contribution in [0.25, 0.3) is 5.78 Å². The van der Waals surface area contributed by atoms with Gasteiger partial charge in [0.05, 0.1) is 18.1 Å². The molecule has 0 atom stereocenters. The van der Waals surface area contributed by atoms with Gasteiger partial charge in [0, 0.05) is 6.54 Å². The number of imidazole rings is 1. The van der Waals surface area contributed by atoms with Crippen LogP contribution in [0.15, 0.2) is 12.4 Å². The van der Waals surface area contributed by atoms with Crippen LogP contribution in [0, 0.1) is 0 Å². The van der Waals surface area contributed by atoms with Crippen molar-refractivity contribution in [1.82, 2.24) is 24.9 Å². The quantitative estimate of drug-likeness (QED) is 0.762. The van der Waals surface area contributed by atoms with Crippen LogP contribution in [-0.4, -0.2) is 26.6 Å². The second kappa shape index (κ2) is 3.27. The van der Waals surface area contributed by atoms with Crippen molar-refractivity contribution in [3.05, 3.63) is 23.2 Å². The van der Waals surface area contributed by atoms with Gasteiger partial charge >= 0.3 is 0 Å². The molecular weight excluding hydrogens is 190 g/mol. The predicted octanol–water partition coefficient (Wildman–Crippen LogP) is 0.497. The summed E-state index contributed by atoms with van der Waals surface area (Å²) in [6.07, 6.45) is 3.16. The standard InChI is InChI=1S/C7H8ClN5/c1-9-4-5-6(8)13-7(12-5)10-2-3-11-13/h2-3,9H,4H2,1H3. The number of fused-ring (bicyclic) bond motifs is 1. The first-order valence-electron chi connectivity index (χ1n) is 3.81. The lowest BCUT2D eigenvalue weighted by molar-refractivity contribution is 0.796. The fourth-order valence-corrected chi connectivity index (χ4v) is 1.31. The third kappa shape index (κ3) is 1.36. The van der Waals surface area contributed by atoms with E-state index in [1.54, 1.807) is 12.4 Å². The lowest BCUT2D eigenvalue weighted by Gasteiger charge is -1.93. The Labute approximate surface area is 79.8 Å². The first-order chi connectivity index (χ1) is 6.33. The highest BCUT2D eigenvalue weighted by atomic mass is 35.5. The monoisotopic (exact) mass is 197 g/mol. The Morgan fingerprint density at radius 2 is 2.38 bits per heavy atom. The Kier molecular flexibility index (Phi) is 2.12. The highest BCUT2D eigenvalue weighted by molar-refractivity contribution is 6.30. The molecule has 2 aromatic rings. The van der Waals surface area contributed by atoms with Crippen molar-refractivity contribution >= 4 is 17.4 Å². The van der Waals surface area contributed by atoms with Gasteiger partial charge in [0.25, 0.3) is 5.78 Å². The van der Waals surface area contributed by atoms with Gasteiger partial charge in [0.15, 0.2) is 5.15 Å². The van der Waals surface area contributed by atoms with Crippen molar-refractivity contribution in [3.8, 4) is 0 Å². The van der Waals surface area contributed by atoms with Crippen molar-refractivity contribution in [2.75, 3.05) is 7.05 Å². The molecule has 2 aromatic heterocycles. The number of halogens is 1. The van der Waals surface area contributed by atoms with Gasteiger partial charge in [-0.25, -0.2) is 9.97 Å². The van der Waals surface area contributed by atoms with Crippen LogP contribution in [0.4, 0.5) is 0 Å². The van der Waals surface area contributed by atoms with Gasteiger partial charge in [-0.1, -0.05) is 11.6 Å². The molecule has 2 heterocycles. The van der Waals surface area contributed by atoms with E-state index in [2.05, 4.69) is 20.4 Å². The summed E-state index contributed by atoms with van der Waals surface area (Å²) < 4.78 is 1.51. The lowest BCUT2D eigenvalue weighted by Crippen LogP contribution is -2.05. The van der Waals surface area contributed by atoms with Gasteiger partial charge in [-0.05, 0) is 7.05 Å². The zero-order chi connectivity index (χ0) is 9.26. The molecule has 2 rings (SSSR count). The molecule has 0 aliphatic carbocycles. The van der Waals surface area contributed by atoms with Gasteiger partial charge in [-0.3, -0.25) is 0 Å². The molecule has 0 fully saturated rings. The average Bonchev–Trinajstić information content (AvgIpc) is 2.46. The van der Waals surface area contributed by atoms with Crippen molar-refractivity contribution < 1.29 is 0 Å². The molecule has 1 N–H and O–H groups in total. The number of hydrogen-bond donors (Lipinski definition) is 1. The summed E-state index contributed by atoms with van der Waals surface area (Å²) in [5.41, 5.74) is 0.760. The summed E-state index contributed by atoms with van der Waals surface area (Å²) in [5.74, 6) is 0.526. The molecule has 0 unspecified atom stereocenters. The van der Waals surface area contributed by atoms with Gasteiger partial charge in [0.1, 0.15) is 0 Å². The molecule has 6 heteroatoms. The second-order valence-electron chi connectivity index (χ2n) is 2.53. The van der Waals surface area contributed by atoms with E-state index in [0.29, 0.717) is 17.5 Å². The van der Waals surface area contributed by atoms with E-state index in [-0.39, 0.29) is 0 Å². The fourth-order valence-electron chi connectivity index (χ4n) is 1.09. The molecule has 68 valence electrons. The zero-order valence-corrected chi connectivity index (χ0v) is 7.78. The first-order valence-corrected chi connectivity index (χ1v) is 4.19. The molecule has 0 saturated carbocycles. The molecule has 0 aliphatic heterocycles. The first kappa shape index (κ1) is 8.40. The van der Waals surface area contributed by atoms with Crippen LogP contribution in [0.3, 0.4) is 0 Å². The molecule has 0 radical (unpaired) electrons. The van der Waals surface area contributed by atoms with Crippen LogP contribution in [-0.2, 0) is 6.54 Å². The lowest BCUT2D eigenvalue weighted by atomic mass is 10.5. The predicted molar refractivity (Wildman–Crippen MR) is 48.6 cm³/mol. The van der Waals surface area contributed by atoms with E-state index in [9.17, 15) is 0 Å². The maximum Gasteiger partial charge on any atom is 0.252 e. The van der Waals surface area contributed by atoms with E-state index < -0.39 is 0 Å². The Morgan fingerprint density at radius 3 is 3.08 bits per heavy atom. The van der Waals surface area contributed by atoms with Crippen molar-refractivity contribution in [2.45, 2.75) is 6.54 Å². The Balaban J connectivity index is 2.60. The SMILES string of the molecule is CNCc1nc2nccnn2c1Cl. The molecule has 13 heavy (non-hydrogen) atoms. The summed E-state index contributed by atoms with van der Waals surface area (Å²) in [4.78, 5) is 8.22. The smallest absolute Gasteiger partial charge is 0.252 e. The van der Waals surface area contributed by atoms with E-state index in [4.69, 9.17) is 11.6 Å². The minimum absolute atomic E-state index is 0.512. The number of hydrogen-bond acceptors (Lipinski definition) is 4. The third-order valence-corrected chi connectivity index (χ3v) is 2.01. The molecule has 0 amide bonds. The van der Waals surface area contributed by atoms with Gasteiger partial charge in [-0.2, -0.15) is 9.61 Å². The zero-order valence-electron chi connectivity index (χ0n) is 7.03. The molecular formula is C7H8ClN5. The highest BCUT2D eigenvalue weighted by Gasteiger charge is 2.09. The summed E-state index contributed by atoms with van der Waals surface area (Å²) >= 11 is 5.99. The van der Waals surface area contributed by atoms with Crippen LogP contribution < -0.4 is 5.32 Å². The van der Waals surface area contributed by atoms with Gasteiger partial charge in [-0.15, -0.1) is 0 Å². The van der Waals surface area contributed by atoms with E-state index in [1.165, 1.54) is 4.52 Å². The van der Waals surface area contributed by atoms with Gasteiger partial charge in [0.2, 0.25) is 0 Å². The molecule has 0 spiro atoms. The Bertz CT molecular complexity index is 424. The Hall–Kier alpha value is -1.20. The van der Waals surface area contributed by atoms with E-state index in [0.717, 1.165) is 5.69 Å². The van der Waals surface area contributed by atoms with Crippen molar-refractivity contribution in [2.24, 2.45) is 0 Å². The summed E-state index contributed by atoms with van der Waals surface area (Å²) in [6, 6.07) is 0. The number of nitrogens with one attached hydrogen (secondary N) is 1. The largest absolute Gasteiger partial charge is 0.314 e. The fraction of sp³-hybridized carbons (Fsp3) is 0.286. The Morgan fingerprint density at radius 1 is 1.54 bits per heavy atom. The second-order valence-corrected chi connectivity index (χ2v) is 2.89. The number of nitrogens with zero attached hydrogens (tertiary/aromatic N) is 4. The van der Waals surface area contributed by atoms with E-state index >= 15 is 0 Å². The van der Waals surface area contributed by atoms with Crippen LogP contribution >= 0.6 is 11.6 Å². The molecule has 0 aliphatic rings. The minimum atomic E-state index is 0.512.